The van der Waals surface area contributed by atoms with Crippen molar-refractivity contribution in [3.63, 3.8) is 0 Å². The zero-order chi connectivity index (χ0) is 89.9. The second-order valence-electron chi connectivity index (χ2n) is 30.1. The molecule has 8 atom stereocenters. The van der Waals surface area contributed by atoms with Crippen LogP contribution in [0.25, 0.3) is 0 Å². The summed E-state index contributed by atoms with van der Waals surface area (Å²) in [5.74, 6) is 13.6. The molecule has 0 aliphatic carbocycles. The first-order valence-corrected chi connectivity index (χ1v) is 42.9. The third-order valence-electron chi connectivity index (χ3n) is 17.7. The Balaban J connectivity index is 0.000000681. The van der Waals surface area contributed by atoms with E-state index in [2.05, 4.69) is 233 Å². The molecule has 1 fully saturated rings. The van der Waals surface area contributed by atoms with Crippen LogP contribution in [0.15, 0.2) is 79.9 Å². The summed E-state index contributed by atoms with van der Waals surface area (Å²) in [7, 11) is 36.8. The van der Waals surface area contributed by atoms with Crippen LogP contribution in [0.2, 0.25) is 0 Å². The van der Waals surface area contributed by atoms with Crippen molar-refractivity contribution in [2.24, 2.45) is 79.9 Å². The molecule has 0 amide bonds. The molecule has 40 nitrogen and oxygen atoms in total. The fourth-order valence-electron chi connectivity index (χ4n) is 11.3. The Kier molecular flexibility index (Phi) is 53.5. The number of hydrogen-bond acceptors (Lipinski definition) is 31. The quantitative estimate of drug-likeness (QED) is 0.0757. The van der Waals surface area contributed by atoms with Gasteiger partial charge in [0.25, 0.3) is 0 Å². The first-order chi connectivity index (χ1) is 56.5. The highest BCUT2D eigenvalue weighted by Crippen LogP contribution is 2.10. The van der Waals surface area contributed by atoms with Crippen LogP contribution in [-0.4, -0.2) is 385 Å². The molecule has 0 aromatic carbocycles. The molecule has 8 rings (SSSR count). The predicted octanol–water partition coefficient (Wildman–Crippen LogP) is 4.26. The number of hydrogen-bond donors (Lipinski definition) is 13. The third-order valence-corrected chi connectivity index (χ3v) is 17.7. The van der Waals surface area contributed by atoms with Crippen molar-refractivity contribution >= 4 is 95.4 Å². The topological polar surface area (TPSA) is 390 Å². The smallest absolute Gasteiger partial charge is 0.225 e. The average Bonchev–Trinajstić information content (AvgIpc) is 0.845. The molecule has 0 radical (unpaired) electrons. The lowest BCUT2D eigenvalue weighted by Crippen LogP contribution is -2.62. The van der Waals surface area contributed by atoms with Crippen LogP contribution in [0, 0.1) is 0 Å². The SMILES string of the molecule is CCCCCN=C1NC(C)NC(=NC)N1C.CCCCCNC1=NC(N(C)C)=NC(C)N1.CCCCN(C)C1=NC(C)NC(=NC)N1C.CCCCNC1=NC(N(C)C)=NC(C)N1.CCCN(C)C1=NC(C)NC(=NC)N1C.CCCNC1=NC(N(C)C)=NC(C)N1.CCN(C)C1=NC(C)NC(=NC)N1C.CCNC1=NC(N(C)C)=NC(C)N1. The lowest BCUT2D eigenvalue weighted by atomic mass is 10.2. The highest BCUT2D eigenvalue weighted by molar-refractivity contribution is 6.03. The molecule has 119 heavy (non-hydrogen) atoms. The van der Waals surface area contributed by atoms with E-state index in [1.165, 1.54) is 51.4 Å². The summed E-state index contributed by atoms with van der Waals surface area (Å²) in [6, 6.07) is 0. The molecular weight excluding hydrogens is 1510 g/mol. The summed E-state index contributed by atoms with van der Waals surface area (Å²) < 4.78 is 0. The molecule has 0 spiro atoms. The fourth-order valence-corrected chi connectivity index (χ4v) is 11.3. The maximum atomic E-state index is 4.59. The number of guanidine groups is 16. The van der Waals surface area contributed by atoms with Gasteiger partial charge in [-0.05, 0) is 108 Å². The second kappa shape index (κ2) is 59.6. The molecule has 0 aromatic rings. The van der Waals surface area contributed by atoms with Crippen LogP contribution in [0.5, 0.6) is 0 Å². The van der Waals surface area contributed by atoms with Crippen LogP contribution in [0.4, 0.5) is 0 Å². The summed E-state index contributed by atoms with van der Waals surface area (Å²) in [5, 5.41) is 41.7. The highest BCUT2D eigenvalue weighted by Gasteiger charge is 2.27. The van der Waals surface area contributed by atoms with E-state index in [-0.39, 0.29) is 49.3 Å². The van der Waals surface area contributed by atoms with Gasteiger partial charge in [0.15, 0.2) is 0 Å². The van der Waals surface area contributed by atoms with Crippen molar-refractivity contribution in [1.29, 1.82) is 0 Å². The van der Waals surface area contributed by atoms with E-state index in [4.69, 9.17) is 0 Å². The largest absolute Gasteiger partial charge is 0.356 e. The van der Waals surface area contributed by atoms with Crippen LogP contribution >= 0.6 is 0 Å². The van der Waals surface area contributed by atoms with Crippen molar-refractivity contribution in [2.45, 2.75) is 237 Å². The van der Waals surface area contributed by atoms with E-state index >= 15 is 0 Å². The number of rotatable bonds is 20. The molecular formula is C79H166N40. The van der Waals surface area contributed by atoms with Gasteiger partial charge in [-0.25, -0.2) is 34.9 Å². The predicted molar refractivity (Wildman–Crippen MR) is 508 cm³/mol. The van der Waals surface area contributed by atoms with Crippen molar-refractivity contribution < 1.29 is 0 Å². The normalized spacial score (nSPS) is 22.4. The molecule has 0 bridgehead atoms. The Morgan fingerprint density at radius 1 is 0.311 bits per heavy atom. The summed E-state index contributed by atoms with van der Waals surface area (Å²) >= 11 is 0. The van der Waals surface area contributed by atoms with Gasteiger partial charge in [0.2, 0.25) is 95.4 Å². The first kappa shape index (κ1) is 107. The van der Waals surface area contributed by atoms with E-state index in [9.17, 15) is 0 Å². The molecule has 40 heteroatoms. The number of nitrogens with zero attached hydrogens (tertiary/aromatic N) is 27. The lowest BCUT2D eigenvalue weighted by molar-refractivity contribution is 0.412. The lowest BCUT2D eigenvalue weighted by Gasteiger charge is -2.35. The fraction of sp³-hybridized carbons (Fsp3) is 0.797. The van der Waals surface area contributed by atoms with E-state index in [0.29, 0.717) is 0 Å². The van der Waals surface area contributed by atoms with Crippen molar-refractivity contribution in [3.8, 4) is 0 Å². The number of unbranched alkanes of at least 4 members (excludes halogenated alkanes) is 6. The van der Waals surface area contributed by atoms with Gasteiger partial charge in [-0.2, -0.15) is 20.0 Å². The van der Waals surface area contributed by atoms with Gasteiger partial charge in [0.1, 0.15) is 43.2 Å². The number of aliphatic imine (C=N–C) groups is 16. The third kappa shape index (κ3) is 41.4. The molecule has 8 unspecified atom stereocenters. The van der Waals surface area contributed by atoms with Gasteiger partial charge in [-0.3, -0.25) is 44.6 Å². The Morgan fingerprint density at radius 3 is 0.950 bits per heavy atom. The zero-order valence-corrected chi connectivity index (χ0v) is 80.3. The Morgan fingerprint density at radius 2 is 0.622 bits per heavy atom. The van der Waals surface area contributed by atoms with E-state index < -0.39 is 0 Å². The molecule has 8 aliphatic heterocycles. The van der Waals surface area contributed by atoms with E-state index in [1.54, 1.807) is 28.2 Å². The Bertz CT molecular complexity index is 3390. The van der Waals surface area contributed by atoms with Gasteiger partial charge >= 0.3 is 0 Å². The minimum absolute atomic E-state index is 0.0866. The molecule has 8 heterocycles. The maximum absolute atomic E-state index is 4.59. The van der Waals surface area contributed by atoms with Gasteiger partial charge < -0.3 is 103 Å². The molecule has 682 valence electrons. The molecule has 0 aromatic heterocycles. The minimum atomic E-state index is 0.0866. The maximum Gasteiger partial charge on any atom is 0.225 e. The van der Waals surface area contributed by atoms with Crippen molar-refractivity contribution in [1.82, 2.24) is 123 Å². The highest BCUT2D eigenvalue weighted by atomic mass is 15.5. The van der Waals surface area contributed by atoms with Crippen LogP contribution in [-0.2, 0) is 0 Å². The van der Waals surface area contributed by atoms with Crippen LogP contribution in [0.1, 0.15) is 188 Å². The standard InChI is InChI=1S/3C11H23N5.2C10H21N5.2C9H19N5.C8H17N5/c1-6-7-8-15(4)11-14-9(2)13-10(12-3)16(11)5;1-5-6-7-8-12-10-13-9(2)14-11(15-10)16(3)4;1-5-6-7-8-13-11-15-9(2)14-10(12-3)16(11)4;1-6-7-14(4)10-13-8(2)12-9(11-3)15(10)5;1-5-6-7-11-9-12-8(2)13-10(14-9)15(3)4;1-6-13(4)9-12-7(2)11-8(10-3)14(9)5;1-5-6-10-8-11-7(2)12-9(13-8)14(3)4;1-5-9-7-10-6(2)11-8(12-7)13(3)4/h9H,6-8H2,1-5H3,(H,12,13);9H,5-8H2,1-4H3,(H2,12,13,14,15);9H,5-8H2,1-4H3,(H,12,14)(H,13,15);8H,6-7H2,1-5H3,(H,11,12);8H,5-7H2,1-4H3,(H2,11,12,13,14);7H,6H2,1-5H3,(H,10,11);7H,5-6H2,1-4H3,(H2,10,11,12,13);6H,5H2,1-4H3,(H2,9,10,11,12). The second-order valence-corrected chi connectivity index (χ2v) is 30.1. The Labute approximate surface area is 718 Å². The summed E-state index contributed by atoms with van der Waals surface area (Å²) in [6.07, 6.45) is 15.0. The van der Waals surface area contributed by atoms with Crippen LogP contribution in [0.3, 0.4) is 0 Å². The van der Waals surface area contributed by atoms with Gasteiger partial charge in [-0.15, -0.1) is 0 Å². The molecule has 1 saturated heterocycles. The van der Waals surface area contributed by atoms with Gasteiger partial charge in [-0.1, -0.05) is 80.1 Å². The summed E-state index contributed by atoms with van der Waals surface area (Å²) in [6.45, 7) is 40.9. The molecule has 0 saturated carbocycles. The van der Waals surface area contributed by atoms with E-state index in [0.717, 1.165) is 173 Å². The molecule has 13 N–H and O–H groups in total. The molecule has 8 aliphatic rings. The average molecular weight is 1680 g/mol. The van der Waals surface area contributed by atoms with Crippen LogP contribution < -0.4 is 69.1 Å². The minimum Gasteiger partial charge on any atom is -0.356 e. The van der Waals surface area contributed by atoms with Gasteiger partial charge in [0.05, 0.1) is 6.17 Å². The zero-order valence-electron chi connectivity index (χ0n) is 80.3. The monoisotopic (exact) mass is 1680 g/mol. The Hall–Kier alpha value is -10.1. The van der Waals surface area contributed by atoms with Gasteiger partial charge in [0, 0.05) is 186 Å². The first-order valence-electron chi connectivity index (χ1n) is 42.9. The van der Waals surface area contributed by atoms with Crippen molar-refractivity contribution in [2.75, 3.05) is 186 Å². The number of nitrogens with one attached hydrogen (secondary N) is 13. The summed E-state index contributed by atoms with van der Waals surface area (Å²) in [5.41, 5.74) is 0. The van der Waals surface area contributed by atoms with E-state index in [1.807, 2.05) is 186 Å². The summed E-state index contributed by atoms with van der Waals surface area (Å²) in [4.78, 5) is 91.8. The van der Waals surface area contributed by atoms with Crippen molar-refractivity contribution in [3.05, 3.63) is 0 Å².